The van der Waals surface area contributed by atoms with Crippen LogP contribution in [0.1, 0.15) is 0 Å². The van der Waals surface area contributed by atoms with Gasteiger partial charge in [-0.2, -0.15) is 0 Å². The molecule has 1 atom stereocenters. The predicted octanol–water partition coefficient (Wildman–Crippen LogP) is -1.18. The van der Waals surface area contributed by atoms with Crippen LogP contribution in [-0.2, 0) is 9.53 Å². The Balaban J connectivity index is 4.13. The summed E-state index contributed by atoms with van der Waals surface area (Å²) in [4.78, 5) is 19.9. The number of alkyl halides is 1. The van der Waals surface area contributed by atoms with Crippen LogP contribution in [0.3, 0.4) is 0 Å². The van der Waals surface area contributed by atoms with Crippen molar-refractivity contribution < 1.29 is 28.9 Å². The Bertz CT molecular complexity index is 179. The Morgan fingerprint density at radius 2 is 2.09 bits per heavy atom. The van der Waals surface area contributed by atoms with E-state index in [1.807, 2.05) is 0 Å². The van der Waals surface area contributed by atoms with E-state index >= 15 is 0 Å². The lowest BCUT2D eigenvalue weighted by atomic mass is 10.3. The van der Waals surface area contributed by atoms with Crippen molar-refractivity contribution in [2.24, 2.45) is 5.73 Å². The van der Waals surface area contributed by atoms with Gasteiger partial charge in [0, 0.05) is 0 Å². The molecule has 0 amide bonds. The lowest BCUT2D eigenvalue weighted by Gasteiger charge is -2.12. The molecular weight excluding hydrogens is 161 g/mol. The molecule has 0 aromatic rings. The highest BCUT2D eigenvalue weighted by Gasteiger charge is 2.36. The predicted molar refractivity (Wildman–Crippen MR) is 29.2 cm³/mol. The summed E-state index contributed by atoms with van der Waals surface area (Å²) in [6.45, 7) is -1.33. The van der Waals surface area contributed by atoms with Gasteiger partial charge in [0.05, 0.1) is 0 Å². The number of ether oxygens (including phenoxy) is 1. The van der Waals surface area contributed by atoms with E-state index < -0.39 is 24.5 Å². The monoisotopic (exact) mass is 167 g/mol. The fourth-order valence-electron chi connectivity index (χ4n) is 0.229. The zero-order valence-corrected chi connectivity index (χ0v) is 5.28. The fraction of sp³-hybridized carbons (Fsp3) is 0.500. The van der Waals surface area contributed by atoms with E-state index in [4.69, 9.17) is 10.2 Å². The second-order valence-corrected chi connectivity index (χ2v) is 1.68. The first-order valence-corrected chi connectivity index (χ1v) is 2.44. The van der Waals surface area contributed by atoms with Crippen LogP contribution < -0.4 is 5.73 Å². The molecule has 64 valence electrons. The number of esters is 1. The number of nitrogens with two attached hydrogens (primary N) is 1. The van der Waals surface area contributed by atoms with Crippen molar-refractivity contribution in [3.63, 3.8) is 0 Å². The molecule has 0 aromatic heterocycles. The molecule has 0 rings (SSSR count). The Morgan fingerprint density at radius 3 is 2.36 bits per heavy atom. The van der Waals surface area contributed by atoms with Crippen molar-refractivity contribution in [2.45, 2.75) is 5.79 Å². The van der Waals surface area contributed by atoms with Gasteiger partial charge in [0.1, 0.15) is 6.61 Å². The van der Waals surface area contributed by atoms with E-state index in [2.05, 4.69) is 10.5 Å². The van der Waals surface area contributed by atoms with Gasteiger partial charge in [0.2, 0.25) is 0 Å². The normalized spacial score (nSPS) is 15.2. The topological polar surface area (TPSA) is 110 Å². The molecule has 0 saturated carbocycles. The molecule has 0 bridgehead atoms. The number of aliphatic hydroxyl groups excluding tert-OH is 1. The van der Waals surface area contributed by atoms with Gasteiger partial charge < -0.3 is 14.9 Å². The molecule has 0 saturated heterocycles. The average Bonchev–Trinajstić information content (AvgIpc) is 1.86. The first kappa shape index (κ1) is 9.79. The number of aliphatic hydroxyl groups is 1. The van der Waals surface area contributed by atoms with Crippen LogP contribution in [0.15, 0.2) is 0 Å². The molecule has 11 heavy (non-hydrogen) atoms. The van der Waals surface area contributed by atoms with Crippen molar-refractivity contribution in [2.75, 3.05) is 6.61 Å². The van der Waals surface area contributed by atoms with Gasteiger partial charge >= 0.3 is 12.1 Å². The molecule has 6 nitrogen and oxygen atoms in total. The number of hydrogen-bond acceptors (Lipinski definition) is 5. The van der Waals surface area contributed by atoms with Crippen LogP contribution >= 0.6 is 0 Å². The number of carbonyl (C=O) groups excluding carboxylic acids is 1. The third kappa shape index (κ3) is 2.92. The second-order valence-electron chi connectivity index (χ2n) is 1.68. The first-order valence-electron chi connectivity index (χ1n) is 2.44. The summed E-state index contributed by atoms with van der Waals surface area (Å²) >= 11 is 0. The van der Waals surface area contributed by atoms with Gasteiger partial charge in [-0.1, -0.05) is 0 Å². The molecule has 0 aliphatic carbocycles. The molecule has 0 aliphatic heterocycles. The molecule has 0 spiro atoms. The Labute approximate surface area is 60.4 Å². The summed E-state index contributed by atoms with van der Waals surface area (Å²) in [5.74, 6) is -4.99. The third-order valence-corrected chi connectivity index (χ3v) is 0.749. The number of carboxylic acid groups (broad SMARTS) is 1. The summed E-state index contributed by atoms with van der Waals surface area (Å²) in [6.07, 6.45) is -1.98. The highest BCUT2D eigenvalue weighted by atomic mass is 19.1. The van der Waals surface area contributed by atoms with Crippen LogP contribution in [0.2, 0.25) is 0 Å². The Hall–Kier alpha value is -1.21. The standard InChI is InChI=1S/C4H6FNO5/c5-4(6,1-7)2(8)11-3(9)10/h7H,1,6H2,(H,9,10). The van der Waals surface area contributed by atoms with E-state index in [1.54, 1.807) is 0 Å². The van der Waals surface area contributed by atoms with Gasteiger partial charge in [0.25, 0.3) is 5.79 Å². The van der Waals surface area contributed by atoms with E-state index in [0.29, 0.717) is 0 Å². The Morgan fingerprint density at radius 1 is 1.64 bits per heavy atom. The summed E-state index contributed by atoms with van der Waals surface area (Å²) < 4.78 is 15.7. The minimum absolute atomic E-state index is 1.33. The summed E-state index contributed by atoms with van der Waals surface area (Å²) in [5.41, 5.74) is 4.45. The van der Waals surface area contributed by atoms with Crippen molar-refractivity contribution in [1.29, 1.82) is 0 Å². The van der Waals surface area contributed by atoms with Gasteiger partial charge in [-0.25, -0.2) is 14.0 Å². The lowest BCUT2D eigenvalue weighted by Crippen LogP contribution is -2.48. The van der Waals surface area contributed by atoms with E-state index in [1.165, 1.54) is 0 Å². The van der Waals surface area contributed by atoms with E-state index in [9.17, 15) is 14.0 Å². The fourth-order valence-corrected chi connectivity index (χ4v) is 0.229. The van der Waals surface area contributed by atoms with Crippen molar-refractivity contribution >= 4 is 12.1 Å². The molecule has 7 heteroatoms. The third-order valence-electron chi connectivity index (χ3n) is 0.749. The number of hydrogen-bond donors (Lipinski definition) is 3. The number of carbonyl (C=O) groups is 2. The molecule has 0 aliphatic rings. The van der Waals surface area contributed by atoms with Crippen LogP contribution in [-0.4, -0.2) is 34.7 Å². The maximum Gasteiger partial charge on any atom is 0.513 e. The minimum Gasteiger partial charge on any atom is -0.449 e. The van der Waals surface area contributed by atoms with Crippen molar-refractivity contribution in [3.8, 4) is 0 Å². The molecular formula is C4H6FNO5. The van der Waals surface area contributed by atoms with Crippen LogP contribution in [0.25, 0.3) is 0 Å². The summed E-state index contributed by atoms with van der Waals surface area (Å²) in [7, 11) is 0. The number of halogens is 1. The summed E-state index contributed by atoms with van der Waals surface area (Å²) in [6, 6.07) is 0. The maximum atomic E-state index is 12.4. The largest absolute Gasteiger partial charge is 0.513 e. The smallest absolute Gasteiger partial charge is 0.449 e. The zero-order valence-electron chi connectivity index (χ0n) is 5.28. The first-order chi connectivity index (χ1) is 4.90. The molecule has 4 N–H and O–H groups in total. The van der Waals surface area contributed by atoms with E-state index in [-0.39, 0.29) is 0 Å². The molecule has 0 radical (unpaired) electrons. The molecule has 1 unspecified atom stereocenters. The SMILES string of the molecule is NC(F)(CO)C(=O)OC(=O)O. The van der Waals surface area contributed by atoms with Gasteiger partial charge in [-0.15, -0.1) is 0 Å². The highest BCUT2D eigenvalue weighted by molar-refractivity contribution is 5.86. The van der Waals surface area contributed by atoms with Gasteiger partial charge in [0.15, 0.2) is 0 Å². The van der Waals surface area contributed by atoms with Crippen molar-refractivity contribution in [3.05, 3.63) is 0 Å². The van der Waals surface area contributed by atoms with Crippen LogP contribution in [0, 0.1) is 0 Å². The second kappa shape index (κ2) is 3.26. The zero-order chi connectivity index (χ0) is 9.07. The van der Waals surface area contributed by atoms with Crippen molar-refractivity contribution in [1.82, 2.24) is 0 Å². The quantitative estimate of drug-likeness (QED) is 0.271. The van der Waals surface area contributed by atoms with E-state index in [0.717, 1.165) is 0 Å². The van der Waals surface area contributed by atoms with Gasteiger partial charge in [-0.05, 0) is 0 Å². The molecule has 0 aromatic carbocycles. The molecule has 0 heterocycles. The highest BCUT2D eigenvalue weighted by Crippen LogP contribution is 2.03. The molecule has 0 fully saturated rings. The van der Waals surface area contributed by atoms with Crippen LogP contribution in [0.4, 0.5) is 9.18 Å². The minimum atomic E-state index is -3.15. The number of rotatable bonds is 2. The van der Waals surface area contributed by atoms with Gasteiger partial charge in [-0.3, -0.25) is 5.73 Å². The average molecular weight is 167 g/mol. The van der Waals surface area contributed by atoms with Crippen LogP contribution in [0.5, 0.6) is 0 Å². The lowest BCUT2D eigenvalue weighted by molar-refractivity contribution is -0.155. The summed E-state index contributed by atoms with van der Waals surface area (Å²) in [5, 5.41) is 15.9. The Kier molecular flexibility index (Phi) is 2.90. The maximum absolute atomic E-state index is 12.4.